The third-order valence-corrected chi connectivity index (χ3v) is 4.13. The average molecular weight is 278 g/mol. The second kappa shape index (κ2) is 4.58. The fourth-order valence-corrected chi connectivity index (χ4v) is 2.39. The van der Waals surface area contributed by atoms with Crippen molar-refractivity contribution in [2.45, 2.75) is 51.1 Å². The van der Waals surface area contributed by atoms with E-state index in [-0.39, 0.29) is 18.3 Å². The Morgan fingerprint density at radius 3 is 1.72 bits per heavy atom. The maximum Gasteiger partial charge on any atom is 0.426 e. The van der Waals surface area contributed by atoms with E-state index >= 15 is 0 Å². The molecule has 1 nitrogen and oxygen atoms in total. The molecule has 0 spiro atoms. The van der Waals surface area contributed by atoms with E-state index < -0.39 is 24.4 Å². The highest BCUT2D eigenvalue weighted by molar-refractivity contribution is 4.95. The highest BCUT2D eigenvalue weighted by Crippen LogP contribution is 2.49. The van der Waals surface area contributed by atoms with Crippen molar-refractivity contribution >= 4 is 0 Å². The SMILES string of the molecule is CC1CC(CCC(O)(C(F)(F)F)C(F)(F)F)C1C. The summed E-state index contributed by atoms with van der Waals surface area (Å²) in [6.45, 7) is 3.71. The molecule has 1 N–H and O–H groups in total. The maximum absolute atomic E-state index is 12.4. The van der Waals surface area contributed by atoms with E-state index in [1.165, 1.54) is 0 Å². The van der Waals surface area contributed by atoms with Crippen molar-refractivity contribution in [3.8, 4) is 0 Å². The highest BCUT2D eigenvalue weighted by Gasteiger charge is 2.69. The molecule has 18 heavy (non-hydrogen) atoms. The molecule has 1 aliphatic carbocycles. The summed E-state index contributed by atoms with van der Waals surface area (Å²) in [4.78, 5) is 0. The molecule has 3 unspecified atom stereocenters. The summed E-state index contributed by atoms with van der Waals surface area (Å²) in [7, 11) is 0. The molecule has 1 rings (SSSR count). The van der Waals surface area contributed by atoms with Gasteiger partial charge in [0.1, 0.15) is 0 Å². The standard InChI is InChI=1S/C11H16F6O/c1-6-5-8(7(6)2)3-4-9(18,10(12,13)14)11(15,16)17/h6-8,18H,3-5H2,1-2H3. The van der Waals surface area contributed by atoms with Gasteiger partial charge >= 0.3 is 12.4 Å². The van der Waals surface area contributed by atoms with Crippen molar-refractivity contribution in [1.82, 2.24) is 0 Å². The summed E-state index contributed by atoms with van der Waals surface area (Å²) >= 11 is 0. The number of alkyl halides is 6. The predicted molar refractivity (Wildman–Crippen MR) is 52.7 cm³/mol. The largest absolute Gasteiger partial charge is 0.426 e. The first-order valence-electron chi connectivity index (χ1n) is 5.76. The summed E-state index contributed by atoms with van der Waals surface area (Å²) in [6.07, 6.45) is -12.3. The Kier molecular flexibility index (Phi) is 3.97. The van der Waals surface area contributed by atoms with E-state index in [2.05, 4.69) is 0 Å². The van der Waals surface area contributed by atoms with Crippen LogP contribution in [0.3, 0.4) is 0 Å². The molecule has 1 aliphatic rings. The van der Waals surface area contributed by atoms with E-state index in [1.807, 2.05) is 6.92 Å². The lowest BCUT2D eigenvalue weighted by molar-refractivity contribution is -0.371. The van der Waals surface area contributed by atoms with Crippen LogP contribution in [0.5, 0.6) is 0 Å². The number of rotatable bonds is 3. The van der Waals surface area contributed by atoms with E-state index in [0.717, 1.165) is 0 Å². The Balaban J connectivity index is 2.70. The molecule has 3 atom stereocenters. The molecule has 7 heteroatoms. The van der Waals surface area contributed by atoms with Gasteiger partial charge in [-0.1, -0.05) is 13.8 Å². The molecule has 108 valence electrons. The first kappa shape index (κ1) is 15.6. The van der Waals surface area contributed by atoms with Crippen LogP contribution in [0.4, 0.5) is 26.3 Å². The molecule has 0 amide bonds. The lowest BCUT2D eigenvalue weighted by Gasteiger charge is -2.43. The van der Waals surface area contributed by atoms with Crippen LogP contribution in [-0.2, 0) is 0 Å². The fourth-order valence-electron chi connectivity index (χ4n) is 2.39. The van der Waals surface area contributed by atoms with Gasteiger partial charge in [0.15, 0.2) is 0 Å². The van der Waals surface area contributed by atoms with Crippen molar-refractivity contribution in [2.75, 3.05) is 0 Å². The van der Waals surface area contributed by atoms with Gasteiger partial charge in [0.2, 0.25) is 0 Å². The molecule has 0 bridgehead atoms. The second-order valence-corrected chi connectivity index (χ2v) is 5.23. The van der Waals surface area contributed by atoms with Gasteiger partial charge in [-0.15, -0.1) is 0 Å². The first-order chi connectivity index (χ1) is 7.90. The zero-order valence-corrected chi connectivity index (χ0v) is 10.1. The summed E-state index contributed by atoms with van der Waals surface area (Å²) in [5.41, 5.74) is -4.58. The van der Waals surface area contributed by atoms with Gasteiger partial charge in [0.25, 0.3) is 5.60 Å². The molecule has 0 aromatic rings. The van der Waals surface area contributed by atoms with Crippen LogP contribution in [0, 0.1) is 17.8 Å². The topological polar surface area (TPSA) is 20.2 Å². The van der Waals surface area contributed by atoms with Crippen LogP contribution < -0.4 is 0 Å². The molecule has 0 aliphatic heterocycles. The van der Waals surface area contributed by atoms with Crippen LogP contribution in [0.1, 0.15) is 33.1 Å². The summed E-state index contributed by atoms with van der Waals surface area (Å²) in [5.74, 6) is 0.256. The zero-order chi connectivity index (χ0) is 14.4. The van der Waals surface area contributed by atoms with Crippen LogP contribution in [0.25, 0.3) is 0 Å². The third kappa shape index (κ3) is 2.60. The Morgan fingerprint density at radius 1 is 1.00 bits per heavy atom. The first-order valence-corrected chi connectivity index (χ1v) is 5.76. The van der Waals surface area contributed by atoms with E-state index in [4.69, 9.17) is 5.11 Å². The van der Waals surface area contributed by atoms with Crippen LogP contribution in [-0.4, -0.2) is 23.1 Å². The number of hydrogen-bond acceptors (Lipinski definition) is 1. The Bertz CT molecular complexity index is 281. The summed E-state index contributed by atoms with van der Waals surface area (Å²) in [6, 6.07) is 0. The van der Waals surface area contributed by atoms with Crippen molar-refractivity contribution in [1.29, 1.82) is 0 Å². The van der Waals surface area contributed by atoms with Crippen molar-refractivity contribution in [3.63, 3.8) is 0 Å². The molecule has 0 heterocycles. The maximum atomic E-state index is 12.4. The van der Waals surface area contributed by atoms with Crippen molar-refractivity contribution in [2.24, 2.45) is 17.8 Å². The van der Waals surface area contributed by atoms with Gasteiger partial charge in [0.05, 0.1) is 0 Å². The number of aliphatic hydroxyl groups is 1. The highest BCUT2D eigenvalue weighted by atomic mass is 19.4. The average Bonchev–Trinajstić information content (AvgIpc) is 2.19. The third-order valence-electron chi connectivity index (χ3n) is 4.13. The molecule has 1 saturated carbocycles. The number of halogens is 6. The summed E-state index contributed by atoms with van der Waals surface area (Å²) in [5, 5.41) is 8.95. The molecule has 0 radical (unpaired) electrons. The quantitative estimate of drug-likeness (QED) is 0.776. The van der Waals surface area contributed by atoms with E-state index in [1.54, 1.807) is 6.92 Å². The lowest BCUT2D eigenvalue weighted by Crippen LogP contribution is -2.57. The van der Waals surface area contributed by atoms with Gasteiger partial charge in [-0.2, -0.15) is 26.3 Å². The Hall–Kier alpha value is -0.460. The van der Waals surface area contributed by atoms with Gasteiger partial charge in [-0.05, 0) is 37.0 Å². The van der Waals surface area contributed by atoms with Gasteiger partial charge < -0.3 is 5.11 Å². The minimum absolute atomic E-state index is 0.107. The molecule has 0 aromatic carbocycles. The van der Waals surface area contributed by atoms with Gasteiger partial charge in [0, 0.05) is 0 Å². The monoisotopic (exact) mass is 278 g/mol. The molecule has 1 fully saturated rings. The van der Waals surface area contributed by atoms with E-state index in [0.29, 0.717) is 12.3 Å². The molecular formula is C11H16F6O. The normalized spacial score (nSPS) is 30.2. The smallest absolute Gasteiger partial charge is 0.374 e. The Morgan fingerprint density at radius 2 is 1.44 bits per heavy atom. The molecule has 0 aromatic heterocycles. The van der Waals surface area contributed by atoms with Crippen LogP contribution >= 0.6 is 0 Å². The van der Waals surface area contributed by atoms with Crippen molar-refractivity contribution < 1.29 is 31.4 Å². The lowest BCUT2D eigenvalue weighted by atomic mass is 9.64. The predicted octanol–water partition coefficient (Wildman–Crippen LogP) is 3.91. The Labute approximate surface area is 101 Å². The number of hydrogen-bond donors (Lipinski definition) is 1. The van der Waals surface area contributed by atoms with Crippen LogP contribution in [0.15, 0.2) is 0 Å². The second-order valence-electron chi connectivity index (χ2n) is 5.23. The zero-order valence-electron chi connectivity index (χ0n) is 10.1. The minimum Gasteiger partial charge on any atom is -0.374 e. The van der Waals surface area contributed by atoms with Gasteiger partial charge in [-0.3, -0.25) is 0 Å². The van der Waals surface area contributed by atoms with Crippen LogP contribution in [0.2, 0.25) is 0 Å². The van der Waals surface area contributed by atoms with Crippen molar-refractivity contribution in [3.05, 3.63) is 0 Å². The molecular weight excluding hydrogens is 262 g/mol. The fraction of sp³-hybridized carbons (Fsp3) is 1.00. The van der Waals surface area contributed by atoms with Gasteiger partial charge in [-0.25, -0.2) is 0 Å². The molecule has 0 saturated heterocycles. The van der Waals surface area contributed by atoms with E-state index in [9.17, 15) is 26.3 Å². The summed E-state index contributed by atoms with van der Waals surface area (Å²) < 4.78 is 74.3. The minimum atomic E-state index is -5.69.